The van der Waals surface area contributed by atoms with Crippen molar-refractivity contribution in [1.82, 2.24) is 0 Å². The smallest absolute Gasteiger partial charge is 0.337 e. The van der Waals surface area contributed by atoms with Gasteiger partial charge in [-0.05, 0) is 24.3 Å². The molecule has 0 bridgehead atoms. The Morgan fingerprint density at radius 1 is 1.18 bits per heavy atom. The summed E-state index contributed by atoms with van der Waals surface area (Å²) in [7, 11) is 0. The zero-order chi connectivity index (χ0) is 19.9. The Morgan fingerprint density at radius 3 is 2.64 bits per heavy atom. The minimum Gasteiger partial charge on any atom is -0.489 e. The third-order valence-corrected chi connectivity index (χ3v) is 4.55. The summed E-state index contributed by atoms with van der Waals surface area (Å²) >= 11 is 0. The second-order valence-electron chi connectivity index (χ2n) is 6.43. The van der Waals surface area contributed by atoms with E-state index in [0.29, 0.717) is 25.6 Å². The van der Waals surface area contributed by atoms with Crippen LogP contribution in [0.25, 0.3) is 0 Å². The topological polar surface area (TPSA) is 88.1 Å². The lowest BCUT2D eigenvalue weighted by atomic mass is 10.1. The highest BCUT2D eigenvalue weighted by Gasteiger charge is 2.16. The van der Waals surface area contributed by atoms with Gasteiger partial charge in [-0.15, -0.1) is 0 Å². The molecule has 0 aliphatic carbocycles. The van der Waals surface area contributed by atoms with E-state index >= 15 is 0 Å². The molecule has 1 aliphatic heterocycles. The number of carbonyl (C=O) groups is 2. The molecule has 1 amide bonds. The molecule has 0 unspecified atom stereocenters. The van der Waals surface area contributed by atoms with E-state index in [9.17, 15) is 14.7 Å². The van der Waals surface area contributed by atoms with Crippen molar-refractivity contribution in [3.05, 3.63) is 53.6 Å². The molecule has 7 heteroatoms. The minimum absolute atomic E-state index is 0.000708. The molecule has 0 aromatic heterocycles. The highest BCUT2D eigenvalue weighted by Crippen LogP contribution is 2.26. The summed E-state index contributed by atoms with van der Waals surface area (Å²) in [5.41, 5.74) is 2.38. The van der Waals surface area contributed by atoms with Crippen LogP contribution in [-0.2, 0) is 16.1 Å². The summed E-state index contributed by atoms with van der Waals surface area (Å²) in [5, 5.41) is 12.1. The maximum absolute atomic E-state index is 11.6. The Balaban J connectivity index is 1.75. The number of carboxylic acid groups (broad SMARTS) is 1. The largest absolute Gasteiger partial charge is 0.489 e. The van der Waals surface area contributed by atoms with Crippen molar-refractivity contribution in [3.8, 4) is 5.75 Å². The number of anilines is 2. The van der Waals surface area contributed by atoms with Gasteiger partial charge in [-0.3, -0.25) is 4.79 Å². The molecular weight excluding hydrogens is 360 g/mol. The lowest BCUT2D eigenvalue weighted by Gasteiger charge is -2.30. The molecule has 0 radical (unpaired) electrons. The number of rotatable bonds is 7. The van der Waals surface area contributed by atoms with E-state index in [1.807, 2.05) is 18.2 Å². The SMILES string of the molecule is CCC(=O)Nc1ccc(OCc2ccccc2N2CCOCC2)cc1C(=O)O. The van der Waals surface area contributed by atoms with Gasteiger partial charge in [-0.25, -0.2) is 4.79 Å². The average molecular weight is 384 g/mol. The number of morpholine rings is 1. The van der Waals surface area contributed by atoms with Gasteiger partial charge in [0.25, 0.3) is 0 Å². The predicted octanol–water partition coefficient (Wildman–Crippen LogP) is 3.15. The molecular formula is C21H24N2O5. The number of ether oxygens (including phenoxy) is 2. The van der Waals surface area contributed by atoms with Crippen molar-refractivity contribution in [3.63, 3.8) is 0 Å². The quantitative estimate of drug-likeness (QED) is 0.762. The van der Waals surface area contributed by atoms with E-state index in [4.69, 9.17) is 9.47 Å². The molecule has 0 atom stereocenters. The van der Waals surface area contributed by atoms with Crippen molar-refractivity contribution >= 4 is 23.3 Å². The highest BCUT2D eigenvalue weighted by atomic mass is 16.5. The number of nitrogens with zero attached hydrogens (tertiary/aromatic N) is 1. The number of amides is 1. The van der Waals surface area contributed by atoms with Crippen molar-refractivity contribution in [2.75, 3.05) is 36.5 Å². The van der Waals surface area contributed by atoms with Crippen LogP contribution in [0.4, 0.5) is 11.4 Å². The van der Waals surface area contributed by atoms with Crippen LogP contribution >= 0.6 is 0 Å². The number of nitrogens with one attached hydrogen (secondary N) is 1. The second kappa shape index (κ2) is 9.23. The summed E-state index contributed by atoms with van der Waals surface area (Å²) in [6.45, 7) is 5.06. The first-order valence-corrected chi connectivity index (χ1v) is 9.29. The van der Waals surface area contributed by atoms with E-state index < -0.39 is 5.97 Å². The molecule has 2 N–H and O–H groups in total. The van der Waals surface area contributed by atoms with Gasteiger partial charge in [0, 0.05) is 30.8 Å². The Morgan fingerprint density at radius 2 is 1.93 bits per heavy atom. The molecule has 1 fully saturated rings. The van der Waals surface area contributed by atoms with Gasteiger partial charge in [0.2, 0.25) is 5.91 Å². The van der Waals surface area contributed by atoms with E-state index in [-0.39, 0.29) is 23.6 Å². The first-order valence-electron chi connectivity index (χ1n) is 9.29. The van der Waals surface area contributed by atoms with Crippen LogP contribution in [0.1, 0.15) is 29.3 Å². The van der Waals surface area contributed by atoms with Crippen LogP contribution in [0, 0.1) is 0 Å². The van der Waals surface area contributed by atoms with E-state index in [1.54, 1.807) is 19.1 Å². The van der Waals surface area contributed by atoms with Crippen LogP contribution in [0.5, 0.6) is 5.75 Å². The van der Waals surface area contributed by atoms with Crippen molar-refractivity contribution < 1.29 is 24.2 Å². The maximum atomic E-state index is 11.6. The fourth-order valence-corrected chi connectivity index (χ4v) is 3.04. The molecule has 3 rings (SSSR count). The zero-order valence-corrected chi connectivity index (χ0v) is 15.8. The number of carbonyl (C=O) groups excluding carboxylic acids is 1. The monoisotopic (exact) mass is 384 g/mol. The maximum Gasteiger partial charge on any atom is 0.337 e. The van der Waals surface area contributed by atoms with Gasteiger partial charge >= 0.3 is 5.97 Å². The average Bonchev–Trinajstić information content (AvgIpc) is 2.73. The fraction of sp³-hybridized carbons (Fsp3) is 0.333. The third-order valence-electron chi connectivity index (χ3n) is 4.55. The Bertz CT molecular complexity index is 846. The molecule has 0 spiro atoms. The molecule has 0 saturated carbocycles. The number of para-hydroxylation sites is 1. The summed E-state index contributed by atoms with van der Waals surface area (Å²) in [6.07, 6.45) is 0.273. The molecule has 7 nitrogen and oxygen atoms in total. The lowest BCUT2D eigenvalue weighted by Crippen LogP contribution is -2.36. The zero-order valence-electron chi connectivity index (χ0n) is 15.8. The van der Waals surface area contributed by atoms with E-state index in [0.717, 1.165) is 24.3 Å². The standard InChI is InChI=1S/C21H24N2O5/c1-2-20(24)22-18-8-7-16(13-17(18)21(25)26)28-14-15-5-3-4-6-19(15)23-9-11-27-12-10-23/h3-8,13H,2,9-12,14H2,1H3,(H,22,24)(H,25,26). The van der Waals surface area contributed by atoms with E-state index in [1.165, 1.54) is 6.07 Å². The number of benzene rings is 2. The first-order chi connectivity index (χ1) is 13.6. The van der Waals surface area contributed by atoms with Gasteiger partial charge in [0.1, 0.15) is 12.4 Å². The van der Waals surface area contributed by atoms with Crippen molar-refractivity contribution in [2.24, 2.45) is 0 Å². The van der Waals surface area contributed by atoms with Crippen LogP contribution in [0.3, 0.4) is 0 Å². The third kappa shape index (κ3) is 4.80. The van der Waals surface area contributed by atoms with Crippen LogP contribution in [0.15, 0.2) is 42.5 Å². The molecule has 1 heterocycles. The Hall–Kier alpha value is -3.06. The fourth-order valence-electron chi connectivity index (χ4n) is 3.04. The molecule has 1 aliphatic rings. The Kier molecular flexibility index (Phi) is 6.49. The second-order valence-corrected chi connectivity index (χ2v) is 6.43. The molecule has 1 saturated heterocycles. The molecule has 2 aromatic rings. The summed E-state index contributed by atoms with van der Waals surface area (Å²) in [5.74, 6) is -0.926. The predicted molar refractivity (Wildman–Crippen MR) is 106 cm³/mol. The summed E-state index contributed by atoms with van der Waals surface area (Å²) in [6, 6.07) is 12.6. The van der Waals surface area contributed by atoms with Gasteiger partial charge in [-0.2, -0.15) is 0 Å². The number of carboxylic acids is 1. The number of aromatic carboxylic acids is 1. The van der Waals surface area contributed by atoms with Crippen LogP contribution in [0.2, 0.25) is 0 Å². The van der Waals surface area contributed by atoms with Crippen LogP contribution in [-0.4, -0.2) is 43.3 Å². The molecule has 28 heavy (non-hydrogen) atoms. The Labute approximate surface area is 163 Å². The number of hydrogen-bond acceptors (Lipinski definition) is 5. The number of hydrogen-bond donors (Lipinski definition) is 2. The van der Waals surface area contributed by atoms with E-state index in [2.05, 4.69) is 16.3 Å². The first kappa shape index (κ1) is 19.7. The normalized spacial score (nSPS) is 13.8. The van der Waals surface area contributed by atoms with Gasteiger partial charge < -0.3 is 24.8 Å². The molecule has 148 valence electrons. The minimum atomic E-state index is -1.12. The summed E-state index contributed by atoms with van der Waals surface area (Å²) in [4.78, 5) is 25.4. The van der Waals surface area contributed by atoms with Crippen molar-refractivity contribution in [2.45, 2.75) is 20.0 Å². The van der Waals surface area contributed by atoms with Gasteiger partial charge in [-0.1, -0.05) is 25.1 Å². The van der Waals surface area contributed by atoms with Crippen LogP contribution < -0.4 is 15.0 Å². The molecule has 2 aromatic carbocycles. The van der Waals surface area contributed by atoms with Crippen molar-refractivity contribution in [1.29, 1.82) is 0 Å². The lowest BCUT2D eigenvalue weighted by molar-refractivity contribution is -0.115. The highest BCUT2D eigenvalue weighted by molar-refractivity contribution is 6.00. The van der Waals surface area contributed by atoms with Gasteiger partial charge in [0.15, 0.2) is 0 Å². The summed E-state index contributed by atoms with van der Waals surface area (Å²) < 4.78 is 11.3. The van der Waals surface area contributed by atoms with Gasteiger partial charge in [0.05, 0.1) is 24.5 Å².